The maximum absolute atomic E-state index is 6.08. The van der Waals surface area contributed by atoms with E-state index in [1.165, 1.54) is 141 Å². The Balaban J connectivity index is 3.71. The van der Waals surface area contributed by atoms with Gasteiger partial charge in [0.1, 0.15) is 0 Å². The number of allylic oxidation sites excluding steroid dienone is 8. The van der Waals surface area contributed by atoms with Gasteiger partial charge in [0.05, 0.1) is 19.3 Å². The van der Waals surface area contributed by atoms with Crippen molar-refractivity contribution in [2.75, 3.05) is 53.6 Å². The van der Waals surface area contributed by atoms with Crippen LogP contribution in [0.2, 0.25) is 0 Å². The van der Waals surface area contributed by atoms with Crippen LogP contribution in [-0.4, -0.2) is 64.6 Å². The van der Waals surface area contributed by atoms with E-state index in [0.29, 0.717) is 0 Å². The average Bonchev–Trinajstić information content (AvgIpc) is 3.06. The van der Waals surface area contributed by atoms with Gasteiger partial charge in [0.2, 0.25) is 0 Å². The third-order valence-corrected chi connectivity index (χ3v) is 8.61. The number of unbranched alkanes of at least 4 members (excludes halogenated alkanes) is 18. The highest BCUT2D eigenvalue weighted by molar-refractivity contribution is 4.93. The van der Waals surface area contributed by atoms with Crippen molar-refractivity contribution < 1.29 is 9.47 Å². The first-order valence-electron chi connectivity index (χ1n) is 20.3. The second-order valence-electron chi connectivity index (χ2n) is 13.8. The molecule has 0 bridgehead atoms. The summed E-state index contributed by atoms with van der Waals surface area (Å²) in [4.78, 5) is 2.22. The van der Waals surface area contributed by atoms with Crippen LogP contribution >= 0.6 is 0 Å². The number of rotatable bonds is 38. The fraction of sp³-hybridized carbons (Fsp3) is 0.814. The maximum Gasteiger partial charge on any atom is 0.0642 e. The molecule has 4 nitrogen and oxygen atoms in total. The summed E-state index contributed by atoms with van der Waals surface area (Å²) in [6.07, 6.45) is 49.5. The Morgan fingerprint density at radius 1 is 0.468 bits per heavy atom. The number of hydrogen-bond acceptors (Lipinski definition) is 4. The van der Waals surface area contributed by atoms with Crippen molar-refractivity contribution in [3.63, 3.8) is 0 Å². The summed E-state index contributed by atoms with van der Waals surface area (Å²) in [7, 11) is 4.25. The highest BCUT2D eigenvalue weighted by Crippen LogP contribution is 2.10. The van der Waals surface area contributed by atoms with Gasteiger partial charge in [-0.1, -0.05) is 140 Å². The Labute approximate surface area is 295 Å². The Bertz CT molecular complexity index is 648. The van der Waals surface area contributed by atoms with Crippen molar-refractivity contribution in [3.8, 4) is 0 Å². The fourth-order valence-electron chi connectivity index (χ4n) is 5.49. The van der Waals surface area contributed by atoms with E-state index in [4.69, 9.17) is 9.47 Å². The molecule has 0 spiro atoms. The van der Waals surface area contributed by atoms with Gasteiger partial charge < -0.3 is 19.7 Å². The molecule has 0 aromatic rings. The zero-order valence-electron chi connectivity index (χ0n) is 32.2. The molecule has 1 N–H and O–H groups in total. The lowest BCUT2D eigenvalue weighted by Gasteiger charge is -2.20. The van der Waals surface area contributed by atoms with Crippen LogP contribution in [0, 0.1) is 0 Å². The molecule has 0 rings (SSSR count). The van der Waals surface area contributed by atoms with Gasteiger partial charge in [0, 0.05) is 26.3 Å². The van der Waals surface area contributed by atoms with Crippen LogP contribution in [0.1, 0.15) is 168 Å². The first-order chi connectivity index (χ1) is 23.2. The van der Waals surface area contributed by atoms with Crippen LogP contribution in [0.15, 0.2) is 48.6 Å². The summed E-state index contributed by atoms with van der Waals surface area (Å²) in [5.74, 6) is 0. The molecule has 0 radical (unpaired) electrons. The number of likely N-dealkylation sites (N-methyl/N-ethyl adjacent to an activating group) is 1. The molecule has 276 valence electrons. The van der Waals surface area contributed by atoms with Crippen molar-refractivity contribution in [2.24, 2.45) is 0 Å². The summed E-state index contributed by atoms with van der Waals surface area (Å²) in [6, 6.07) is 0.282. The highest BCUT2D eigenvalue weighted by Gasteiger charge is 2.09. The zero-order chi connectivity index (χ0) is 34.1. The second-order valence-corrected chi connectivity index (χ2v) is 13.8. The molecule has 47 heavy (non-hydrogen) atoms. The summed E-state index contributed by atoms with van der Waals surface area (Å²) in [6.45, 7) is 9.77. The van der Waals surface area contributed by atoms with Gasteiger partial charge in [-0.15, -0.1) is 0 Å². The molecule has 0 aromatic carbocycles. The zero-order valence-corrected chi connectivity index (χ0v) is 32.2. The van der Waals surface area contributed by atoms with Crippen LogP contribution in [0.5, 0.6) is 0 Å². The summed E-state index contributed by atoms with van der Waals surface area (Å²) < 4.78 is 12.2. The molecule has 0 aliphatic rings. The van der Waals surface area contributed by atoms with E-state index in [0.717, 1.165) is 52.4 Å². The number of ether oxygens (including phenoxy) is 2. The lowest BCUT2D eigenvalue weighted by atomic mass is 10.1. The van der Waals surface area contributed by atoms with E-state index in [1.807, 2.05) is 0 Å². The molecule has 0 aliphatic heterocycles. The summed E-state index contributed by atoms with van der Waals surface area (Å²) in [5.41, 5.74) is 0. The number of hydrogen-bond donors (Lipinski definition) is 1. The molecule has 0 saturated heterocycles. The number of nitrogens with zero attached hydrogens (tertiary/aromatic N) is 1. The Hall–Kier alpha value is -1.20. The molecule has 0 amide bonds. The van der Waals surface area contributed by atoms with E-state index >= 15 is 0 Å². The van der Waals surface area contributed by atoms with Crippen molar-refractivity contribution in [1.82, 2.24) is 10.2 Å². The van der Waals surface area contributed by atoms with Crippen molar-refractivity contribution >= 4 is 0 Å². The Morgan fingerprint density at radius 3 is 1.21 bits per heavy atom. The summed E-state index contributed by atoms with van der Waals surface area (Å²) >= 11 is 0. The lowest BCUT2D eigenvalue weighted by molar-refractivity contribution is 0.0524. The molecular weight excluding hydrogens is 576 g/mol. The van der Waals surface area contributed by atoms with Crippen LogP contribution in [0.4, 0.5) is 0 Å². The van der Waals surface area contributed by atoms with Gasteiger partial charge in [0.15, 0.2) is 0 Å². The second kappa shape index (κ2) is 41.0. The van der Waals surface area contributed by atoms with Gasteiger partial charge in [-0.2, -0.15) is 0 Å². The van der Waals surface area contributed by atoms with Crippen molar-refractivity contribution in [3.05, 3.63) is 48.6 Å². The smallest absolute Gasteiger partial charge is 0.0642 e. The minimum atomic E-state index is 0.282. The summed E-state index contributed by atoms with van der Waals surface area (Å²) in [5, 5.41) is 3.65. The molecule has 0 atom stereocenters. The quantitative estimate of drug-likeness (QED) is 0.0529. The predicted molar refractivity (Wildman–Crippen MR) is 211 cm³/mol. The van der Waals surface area contributed by atoms with Gasteiger partial charge >= 0.3 is 0 Å². The van der Waals surface area contributed by atoms with Crippen LogP contribution < -0.4 is 5.32 Å². The van der Waals surface area contributed by atoms with E-state index in [2.05, 4.69) is 86.8 Å². The third-order valence-electron chi connectivity index (χ3n) is 8.61. The molecule has 0 heterocycles. The average molecular weight is 659 g/mol. The van der Waals surface area contributed by atoms with E-state index < -0.39 is 0 Å². The highest BCUT2D eigenvalue weighted by atomic mass is 16.5. The SMILES string of the molecule is CCCCC/C=C\C/C=C\CCCCCCCCOCC(COCCCCCCCC/C=C\C/C=C\CCCCC)NCCN(C)C. The Kier molecular flexibility index (Phi) is 39.9. The minimum Gasteiger partial charge on any atom is -0.380 e. The minimum absolute atomic E-state index is 0.282. The molecule has 4 heteroatoms. The van der Waals surface area contributed by atoms with Gasteiger partial charge in [0.25, 0.3) is 0 Å². The standard InChI is InChI=1S/C43H82N2O2/c1-5-7-9-11-13-15-17-19-21-23-25-27-29-31-33-35-39-46-41-43(44-37-38-45(3)4)42-47-40-36-34-32-30-28-26-24-22-20-18-16-14-12-10-8-6-2/h13-16,19-22,43-44H,5-12,17-18,23-42H2,1-4H3/b15-13-,16-14-,21-19-,22-20-. The van der Waals surface area contributed by atoms with Gasteiger partial charge in [-0.05, 0) is 91.1 Å². The van der Waals surface area contributed by atoms with Gasteiger partial charge in [-0.3, -0.25) is 0 Å². The third kappa shape index (κ3) is 40.9. The topological polar surface area (TPSA) is 33.7 Å². The largest absolute Gasteiger partial charge is 0.380 e. The van der Waals surface area contributed by atoms with Gasteiger partial charge in [-0.25, -0.2) is 0 Å². The molecule has 0 fully saturated rings. The fourth-order valence-corrected chi connectivity index (χ4v) is 5.49. The normalized spacial score (nSPS) is 12.6. The van der Waals surface area contributed by atoms with Crippen LogP contribution in [0.25, 0.3) is 0 Å². The molecule has 0 aromatic heterocycles. The Morgan fingerprint density at radius 2 is 0.830 bits per heavy atom. The van der Waals surface area contributed by atoms with Crippen LogP contribution in [-0.2, 0) is 9.47 Å². The molecule has 0 aliphatic carbocycles. The molecule has 0 unspecified atom stereocenters. The van der Waals surface area contributed by atoms with E-state index in [1.54, 1.807) is 0 Å². The van der Waals surface area contributed by atoms with Crippen molar-refractivity contribution in [1.29, 1.82) is 0 Å². The molecular formula is C43H82N2O2. The number of nitrogens with one attached hydrogen (secondary N) is 1. The van der Waals surface area contributed by atoms with E-state index in [-0.39, 0.29) is 6.04 Å². The lowest BCUT2D eigenvalue weighted by Crippen LogP contribution is -2.41. The van der Waals surface area contributed by atoms with E-state index in [9.17, 15) is 0 Å². The van der Waals surface area contributed by atoms with Crippen molar-refractivity contribution in [2.45, 2.75) is 174 Å². The predicted octanol–water partition coefficient (Wildman–Crippen LogP) is 12.2. The maximum atomic E-state index is 6.08. The monoisotopic (exact) mass is 659 g/mol. The van der Waals surface area contributed by atoms with Crippen LogP contribution in [0.3, 0.4) is 0 Å². The first-order valence-corrected chi connectivity index (χ1v) is 20.3. The molecule has 0 saturated carbocycles. The first kappa shape index (κ1) is 45.8.